The van der Waals surface area contributed by atoms with Gasteiger partial charge < -0.3 is 10.0 Å². The van der Waals surface area contributed by atoms with Gasteiger partial charge in [-0.05, 0) is 24.6 Å². The standard InChI is InChI=1S/C16H13N3O2/c20-16(21)10-2-3-12-13(8-10)18-9-11-4-5-17-15(14(11)12)19-6-1-7-19/h2-5,8-9H,1,6-7H2,(H,20,21). The fourth-order valence-electron chi connectivity index (χ4n) is 2.74. The molecule has 5 heteroatoms. The van der Waals surface area contributed by atoms with E-state index in [1.807, 2.05) is 12.1 Å². The summed E-state index contributed by atoms with van der Waals surface area (Å²) in [6.45, 7) is 2.03. The van der Waals surface area contributed by atoms with Crippen LogP contribution in [0.3, 0.4) is 0 Å². The molecule has 0 bridgehead atoms. The SMILES string of the molecule is O=C(O)c1ccc2c(c1)ncc1ccnc(N3CCC3)c12. The zero-order valence-electron chi connectivity index (χ0n) is 11.3. The first-order chi connectivity index (χ1) is 10.2. The number of carboxylic acid groups (broad SMARTS) is 1. The highest BCUT2D eigenvalue weighted by Gasteiger charge is 2.19. The molecular formula is C16H13N3O2. The van der Waals surface area contributed by atoms with Crippen LogP contribution in [0.2, 0.25) is 0 Å². The van der Waals surface area contributed by atoms with Gasteiger partial charge in [0.1, 0.15) is 5.82 Å². The van der Waals surface area contributed by atoms with E-state index in [0.29, 0.717) is 5.52 Å². The van der Waals surface area contributed by atoms with Crippen molar-refractivity contribution in [1.82, 2.24) is 9.97 Å². The predicted octanol–water partition coefficient (Wildman–Crippen LogP) is 2.69. The fraction of sp³-hybridized carbons (Fsp3) is 0.188. The van der Waals surface area contributed by atoms with Crippen LogP contribution in [0.1, 0.15) is 16.8 Å². The average molecular weight is 279 g/mol. The van der Waals surface area contributed by atoms with Gasteiger partial charge in [-0.3, -0.25) is 4.98 Å². The lowest BCUT2D eigenvalue weighted by Gasteiger charge is -2.33. The molecule has 5 nitrogen and oxygen atoms in total. The van der Waals surface area contributed by atoms with Gasteiger partial charge in [0.15, 0.2) is 0 Å². The third-order valence-electron chi connectivity index (χ3n) is 3.98. The maximum atomic E-state index is 11.1. The monoisotopic (exact) mass is 279 g/mol. The van der Waals surface area contributed by atoms with Crippen molar-refractivity contribution in [3.63, 3.8) is 0 Å². The van der Waals surface area contributed by atoms with Crippen molar-refractivity contribution in [1.29, 1.82) is 0 Å². The zero-order chi connectivity index (χ0) is 14.4. The molecule has 2 aromatic heterocycles. The summed E-state index contributed by atoms with van der Waals surface area (Å²) in [7, 11) is 0. The Morgan fingerprint density at radius 3 is 2.76 bits per heavy atom. The Balaban J connectivity index is 2.05. The second-order valence-electron chi connectivity index (χ2n) is 5.23. The second-order valence-corrected chi connectivity index (χ2v) is 5.23. The molecule has 0 spiro atoms. The van der Waals surface area contributed by atoms with E-state index in [2.05, 4.69) is 14.9 Å². The fourth-order valence-corrected chi connectivity index (χ4v) is 2.74. The number of aromatic nitrogens is 2. The van der Waals surface area contributed by atoms with E-state index < -0.39 is 5.97 Å². The van der Waals surface area contributed by atoms with Crippen LogP contribution in [0, 0.1) is 0 Å². The number of benzene rings is 1. The molecule has 3 heterocycles. The van der Waals surface area contributed by atoms with Gasteiger partial charge in [-0.15, -0.1) is 0 Å². The molecule has 0 amide bonds. The first kappa shape index (κ1) is 12.1. The van der Waals surface area contributed by atoms with E-state index in [0.717, 1.165) is 35.1 Å². The third kappa shape index (κ3) is 1.81. The molecule has 1 aliphatic heterocycles. The number of hydrogen-bond donors (Lipinski definition) is 1. The van der Waals surface area contributed by atoms with Gasteiger partial charge >= 0.3 is 5.97 Å². The van der Waals surface area contributed by atoms with E-state index in [9.17, 15) is 4.79 Å². The normalized spacial score (nSPS) is 14.4. The lowest BCUT2D eigenvalue weighted by Crippen LogP contribution is -2.37. The Hall–Kier alpha value is -2.69. The summed E-state index contributed by atoms with van der Waals surface area (Å²) in [6.07, 6.45) is 4.77. The topological polar surface area (TPSA) is 66.3 Å². The molecule has 3 aromatic rings. The first-order valence-corrected chi connectivity index (χ1v) is 6.90. The molecule has 0 atom stereocenters. The first-order valence-electron chi connectivity index (χ1n) is 6.90. The number of aromatic carboxylic acids is 1. The molecule has 1 fully saturated rings. The number of carboxylic acids is 1. The Kier molecular flexibility index (Phi) is 2.54. The van der Waals surface area contributed by atoms with Gasteiger partial charge in [-0.2, -0.15) is 0 Å². The number of carbonyl (C=O) groups is 1. The molecule has 4 rings (SSSR count). The van der Waals surface area contributed by atoms with Crippen LogP contribution in [0.4, 0.5) is 5.82 Å². The molecule has 1 saturated heterocycles. The summed E-state index contributed by atoms with van der Waals surface area (Å²) in [5, 5.41) is 12.1. The van der Waals surface area contributed by atoms with Crippen LogP contribution in [-0.4, -0.2) is 34.1 Å². The largest absolute Gasteiger partial charge is 0.478 e. The smallest absolute Gasteiger partial charge is 0.335 e. The van der Waals surface area contributed by atoms with Crippen LogP contribution >= 0.6 is 0 Å². The minimum absolute atomic E-state index is 0.253. The van der Waals surface area contributed by atoms with Crippen LogP contribution in [-0.2, 0) is 0 Å². The molecule has 0 saturated carbocycles. The number of nitrogens with zero attached hydrogens (tertiary/aromatic N) is 3. The van der Waals surface area contributed by atoms with E-state index in [4.69, 9.17) is 5.11 Å². The van der Waals surface area contributed by atoms with Crippen LogP contribution in [0.25, 0.3) is 21.7 Å². The van der Waals surface area contributed by atoms with E-state index in [-0.39, 0.29) is 5.56 Å². The summed E-state index contributed by atoms with van der Waals surface area (Å²) in [6, 6.07) is 7.01. The summed E-state index contributed by atoms with van der Waals surface area (Å²) in [4.78, 5) is 22.2. The number of pyridine rings is 2. The van der Waals surface area contributed by atoms with E-state index in [1.54, 1.807) is 24.5 Å². The number of fused-ring (bicyclic) bond motifs is 3. The van der Waals surface area contributed by atoms with Crippen LogP contribution in [0.5, 0.6) is 0 Å². The Labute approximate surface area is 120 Å². The van der Waals surface area contributed by atoms with Crippen LogP contribution in [0.15, 0.2) is 36.7 Å². The van der Waals surface area contributed by atoms with Crippen molar-refractivity contribution in [3.8, 4) is 0 Å². The number of hydrogen-bond acceptors (Lipinski definition) is 4. The average Bonchev–Trinajstić information content (AvgIpc) is 2.44. The van der Waals surface area contributed by atoms with Crippen molar-refractivity contribution in [2.45, 2.75) is 6.42 Å². The Morgan fingerprint density at radius 1 is 1.19 bits per heavy atom. The molecular weight excluding hydrogens is 266 g/mol. The summed E-state index contributed by atoms with van der Waals surface area (Å²) in [5.41, 5.74) is 0.945. The maximum Gasteiger partial charge on any atom is 0.335 e. The van der Waals surface area contributed by atoms with Crippen molar-refractivity contribution >= 4 is 33.5 Å². The van der Waals surface area contributed by atoms with Crippen LogP contribution < -0.4 is 4.90 Å². The minimum Gasteiger partial charge on any atom is -0.478 e. The van der Waals surface area contributed by atoms with Crippen molar-refractivity contribution in [2.75, 3.05) is 18.0 Å². The molecule has 0 radical (unpaired) electrons. The maximum absolute atomic E-state index is 11.1. The molecule has 1 N–H and O–H groups in total. The van der Waals surface area contributed by atoms with Gasteiger partial charge in [0.25, 0.3) is 0 Å². The lowest BCUT2D eigenvalue weighted by molar-refractivity contribution is 0.0697. The van der Waals surface area contributed by atoms with Crippen molar-refractivity contribution in [2.24, 2.45) is 0 Å². The molecule has 104 valence electrons. The van der Waals surface area contributed by atoms with Crippen molar-refractivity contribution in [3.05, 3.63) is 42.2 Å². The lowest BCUT2D eigenvalue weighted by atomic mass is 10.0. The highest BCUT2D eigenvalue weighted by Crippen LogP contribution is 2.32. The summed E-state index contributed by atoms with van der Waals surface area (Å²) in [5.74, 6) is 0.0298. The van der Waals surface area contributed by atoms with E-state index >= 15 is 0 Å². The van der Waals surface area contributed by atoms with Gasteiger partial charge in [0.05, 0.1) is 11.1 Å². The predicted molar refractivity (Wildman–Crippen MR) is 80.8 cm³/mol. The summed E-state index contributed by atoms with van der Waals surface area (Å²) >= 11 is 0. The number of rotatable bonds is 2. The second kappa shape index (κ2) is 4.41. The summed E-state index contributed by atoms with van der Waals surface area (Å²) < 4.78 is 0. The van der Waals surface area contributed by atoms with Gasteiger partial charge in [0, 0.05) is 41.6 Å². The Bertz CT molecular complexity index is 872. The Morgan fingerprint density at radius 2 is 2.05 bits per heavy atom. The van der Waals surface area contributed by atoms with Gasteiger partial charge in [-0.1, -0.05) is 6.07 Å². The highest BCUT2D eigenvalue weighted by molar-refractivity contribution is 6.12. The minimum atomic E-state index is -0.937. The van der Waals surface area contributed by atoms with Crippen molar-refractivity contribution < 1.29 is 9.90 Å². The molecule has 1 aromatic carbocycles. The molecule has 0 aliphatic carbocycles. The third-order valence-corrected chi connectivity index (χ3v) is 3.98. The van der Waals surface area contributed by atoms with E-state index in [1.165, 1.54) is 6.42 Å². The molecule has 21 heavy (non-hydrogen) atoms. The van der Waals surface area contributed by atoms with Gasteiger partial charge in [-0.25, -0.2) is 9.78 Å². The van der Waals surface area contributed by atoms with Gasteiger partial charge in [0.2, 0.25) is 0 Å². The molecule has 0 unspecified atom stereocenters. The quantitative estimate of drug-likeness (QED) is 0.730. The number of anilines is 1. The zero-order valence-corrected chi connectivity index (χ0v) is 11.3. The molecule has 1 aliphatic rings. The highest BCUT2D eigenvalue weighted by atomic mass is 16.4.